The van der Waals surface area contributed by atoms with Gasteiger partial charge >= 0.3 is 0 Å². The second-order valence-electron chi connectivity index (χ2n) is 5.21. The quantitative estimate of drug-likeness (QED) is 0.386. The van der Waals surface area contributed by atoms with Gasteiger partial charge in [-0.3, -0.25) is 9.79 Å². The van der Waals surface area contributed by atoms with Crippen LogP contribution < -0.4 is 16.8 Å². The second-order valence-corrected chi connectivity index (χ2v) is 5.21. The number of nitrogens with zero attached hydrogens (tertiary/aromatic N) is 1. The summed E-state index contributed by atoms with van der Waals surface area (Å²) < 4.78 is 0. The van der Waals surface area contributed by atoms with Gasteiger partial charge in [0.05, 0.1) is 5.70 Å². The van der Waals surface area contributed by atoms with Gasteiger partial charge in [-0.15, -0.1) is 0 Å². The van der Waals surface area contributed by atoms with E-state index in [4.69, 9.17) is 16.9 Å². The Balaban J connectivity index is 2.66. The van der Waals surface area contributed by atoms with Crippen LogP contribution >= 0.6 is 0 Å². The van der Waals surface area contributed by atoms with Crippen LogP contribution in [0.4, 0.5) is 11.4 Å². The number of nitrogens with one attached hydrogen (secondary N) is 2. The molecule has 1 unspecified atom stereocenters. The number of hydrogen-bond donors (Lipinski definition) is 4. The van der Waals surface area contributed by atoms with Crippen molar-refractivity contribution in [2.75, 3.05) is 11.1 Å². The average Bonchev–Trinajstić information content (AvgIpc) is 2.73. The molecule has 0 spiro atoms. The van der Waals surface area contributed by atoms with Crippen molar-refractivity contribution in [2.45, 2.75) is 26.7 Å². The van der Waals surface area contributed by atoms with Gasteiger partial charge in [0.2, 0.25) is 0 Å². The zero-order valence-corrected chi connectivity index (χ0v) is 12.3. The van der Waals surface area contributed by atoms with Crippen molar-refractivity contribution in [3.8, 4) is 0 Å². The molecule has 6 N–H and O–H groups in total. The number of rotatable bonds is 3. The van der Waals surface area contributed by atoms with Gasteiger partial charge in [0.1, 0.15) is 5.70 Å². The van der Waals surface area contributed by atoms with Crippen LogP contribution in [0.1, 0.15) is 37.8 Å². The summed E-state index contributed by atoms with van der Waals surface area (Å²) >= 11 is 0. The zero-order valence-electron chi connectivity index (χ0n) is 12.3. The van der Waals surface area contributed by atoms with E-state index in [-0.39, 0.29) is 11.6 Å². The van der Waals surface area contributed by atoms with E-state index in [0.717, 1.165) is 17.0 Å². The monoisotopic (exact) mass is 285 g/mol. The van der Waals surface area contributed by atoms with Crippen molar-refractivity contribution >= 4 is 29.2 Å². The molecule has 0 saturated carbocycles. The van der Waals surface area contributed by atoms with Crippen LogP contribution in [0.25, 0.3) is 0 Å². The molecule has 1 heterocycles. The highest BCUT2D eigenvalue weighted by Gasteiger charge is 2.30. The molecule has 1 aliphatic rings. The third kappa shape index (κ3) is 2.52. The number of aliphatic imine (C=N–C) groups is 1. The average molecular weight is 285 g/mol. The van der Waals surface area contributed by atoms with Crippen LogP contribution in [0, 0.1) is 5.41 Å². The first-order chi connectivity index (χ1) is 9.86. The Labute approximate surface area is 123 Å². The summed E-state index contributed by atoms with van der Waals surface area (Å²) in [4.78, 5) is 15.9. The SMILES string of the molecule is CC(C)=N/C(C(N)=O)=C1/Nc2ccc(N)c(C=N)c2C1C. The van der Waals surface area contributed by atoms with Gasteiger partial charge in [0, 0.05) is 34.8 Å². The van der Waals surface area contributed by atoms with E-state index in [1.807, 2.05) is 13.0 Å². The molecule has 110 valence electrons. The van der Waals surface area contributed by atoms with E-state index in [0.29, 0.717) is 16.9 Å². The lowest BCUT2D eigenvalue weighted by Crippen LogP contribution is -2.18. The van der Waals surface area contributed by atoms with Gasteiger partial charge in [-0.25, -0.2) is 0 Å². The summed E-state index contributed by atoms with van der Waals surface area (Å²) in [6.07, 6.45) is 1.23. The van der Waals surface area contributed by atoms with Crippen LogP contribution in [0.5, 0.6) is 0 Å². The summed E-state index contributed by atoms with van der Waals surface area (Å²) in [7, 11) is 0. The minimum absolute atomic E-state index is 0.134. The van der Waals surface area contributed by atoms with Gasteiger partial charge in [0.15, 0.2) is 0 Å². The molecular formula is C15H19N5O. The Kier molecular flexibility index (Phi) is 3.80. The highest BCUT2D eigenvalue weighted by Crippen LogP contribution is 2.42. The summed E-state index contributed by atoms with van der Waals surface area (Å²) in [5.74, 6) is -0.714. The number of nitrogens with two attached hydrogens (primary N) is 2. The third-order valence-electron chi connectivity index (χ3n) is 3.42. The molecule has 6 heteroatoms. The van der Waals surface area contributed by atoms with E-state index < -0.39 is 5.91 Å². The minimum atomic E-state index is -0.581. The van der Waals surface area contributed by atoms with Crippen molar-refractivity contribution in [2.24, 2.45) is 10.7 Å². The Morgan fingerprint density at radius 1 is 1.43 bits per heavy atom. The van der Waals surface area contributed by atoms with E-state index in [2.05, 4.69) is 10.3 Å². The number of carbonyl (C=O) groups is 1. The lowest BCUT2D eigenvalue weighted by molar-refractivity contribution is -0.114. The van der Waals surface area contributed by atoms with Gasteiger partial charge in [-0.05, 0) is 31.5 Å². The summed E-state index contributed by atoms with van der Waals surface area (Å²) in [6, 6.07) is 3.57. The number of nitrogen functional groups attached to an aromatic ring is 1. The number of amides is 1. The lowest BCUT2D eigenvalue weighted by atomic mass is 9.94. The molecule has 1 amide bonds. The van der Waals surface area contributed by atoms with E-state index in [1.54, 1.807) is 19.9 Å². The maximum Gasteiger partial charge on any atom is 0.269 e. The van der Waals surface area contributed by atoms with E-state index >= 15 is 0 Å². The molecule has 1 atom stereocenters. The highest BCUT2D eigenvalue weighted by atomic mass is 16.1. The molecule has 0 fully saturated rings. The summed E-state index contributed by atoms with van der Waals surface area (Å²) in [5, 5.41) is 10.7. The minimum Gasteiger partial charge on any atom is -0.398 e. The van der Waals surface area contributed by atoms with Crippen molar-refractivity contribution < 1.29 is 4.79 Å². The molecule has 21 heavy (non-hydrogen) atoms. The third-order valence-corrected chi connectivity index (χ3v) is 3.42. The normalized spacial score (nSPS) is 18.5. The number of hydrogen-bond acceptors (Lipinski definition) is 5. The van der Waals surface area contributed by atoms with Crippen molar-refractivity contribution in [3.63, 3.8) is 0 Å². The Bertz CT molecular complexity index is 684. The number of benzene rings is 1. The fraction of sp³-hybridized carbons (Fsp3) is 0.267. The molecule has 6 nitrogen and oxygen atoms in total. The highest BCUT2D eigenvalue weighted by molar-refractivity contribution is 5.98. The molecule has 0 bridgehead atoms. The predicted octanol–water partition coefficient (Wildman–Crippen LogP) is 1.97. The molecule has 1 aromatic carbocycles. The topological polar surface area (TPSA) is 117 Å². The van der Waals surface area contributed by atoms with Crippen LogP contribution in [0.3, 0.4) is 0 Å². The number of primary amides is 1. The van der Waals surface area contributed by atoms with Gasteiger partial charge in [0.25, 0.3) is 5.91 Å². The first-order valence-corrected chi connectivity index (χ1v) is 6.62. The maximum atomic E-state index is 11.7. The summed E-state index contributed by atoms with van der Waals surface area (Å²) in [6.45, 7) is 5.54. The molecule has 1 aromatic rings. The number of carbonyl (C=O) groups excluding carboxylic acids is 1. The molecule has 0 aliphatic carbocycles. The standard InChI is InChI=1S/C15H19N5O/c1-7(2)19-14(15(18)21)13-8(3)12-9(6-16)10(17)4-5-11(12)20-13/h4-6,8,16,20H,17H2,1-3H3,(H2,18,21)/b14-13+,16-6?. The zero-order chi connectivity index (χ0) is 15.7. The number of fused-ring (bicyclic) bond motifs is 1. The van der Waals surface area contributed by atoms with Gasteiger partial charge < -0.3 is 22.2 Å². The van der Waals surface area contributed by atoms with Crippen LogP contribution in [0.2, 0.25) is 0 Å². The van der Waals surface area contributed by atoms with Crippen molar-refractivity contribution in [1.29, 1.82) is 5.41 Å². The molecule has 0 radical (unpaired) electrons. The van der Waals surface area contributed by atoms with Crippen LogP contribution in [-0.4, -0.2) is 17.8 Å². The van der Waals surface area contributed by atoms with Crippen LogP contribution in [-0.2, 0) is 4.79 Å². The lowest BCUT2D eigenvalue weighted by Gasteiger charge is -2.11. The number of allylic oxidation sites excluding steroid dienone is 1. The molecule has 0 aromatic heterocycles. The first kappa shape index (κ1) is 14.8. The Morgan fingerprint density at radius 2 is 2.10 bits per heavy atom. The number of anilines is 2. The first-order valence-electron chi connectivity index (χ1n) is 6.62. The van der Waals surface area contributed by atoms with Crippen molar-refractivity contribution in [1.82, 2.24) is 0 Å². The Morgan fingerprint density at radius 3 is 2.62 bits per heavy atom. The largest absolute Gasteiger partial charge is 0.398 e. The van der Waals surface area contributed by atoms with Gasteiger partial charge in [-0.2, -0.15) is 0 Å². The van der Waals surface area contributed by atoms with Crippen LogP contribution in [0.15, 0.2) is 28.5 Å². The van der Waals surface area contributed by atoms with E-state index in [9.17, 15) is 4.79 Å². The molecule has 0 saturated heterocycles. The fourth-order valence-electron chi connectivity index (χ4n) is 2.52. The molecular weight excluding hydrogens is 266 g/mol. The fourth-order valence-corrected chi connectivity index (χ4v) is 2.52. The molecule has 1 aliphatic heterocycles. The van der Waals surface area contributed by atoms with Gasteiger partial charge in [-0.1, -0.05) is 6.92 Å². The molecule has 2 rings (SSSR count). The Hall–Kier alpha value is -2.63. The predicted molar refractivity (Wildman–Crippen MR) is 85.8 cm³/mol. The van der Waals surface area contributed by atoms with Crippen molar-refractivity contribution in [3.05, 3.63) is 34.7 Å². The second kappa shape index (κ2) is 5.40. The maximum absolute atomic E-state index is 11.7. The summed E-state index contributed by atoms with van der Waals surface area (Å²) in [5.41, 5.74) is 15.9. The smallest absolute Gasteiger partial charge is 0.269 e. The van der Waals surface area contributed by atoms with E-state index in [1.165, 1.54) is 6.21 Å².